The fourth-order valence-electron chi connectivity index (χ4n) is 3.01. The summed E-state index contributed by atoms with van der Waals surface area (Å²) in [6.07, 6.45) is 0. The predicted molar refractivity (Wildman–Crippen MR) is 102 cm³/mol. The van der Waals surface area contributed by atoms with Crippen LogP contribution in [0.4, 0.5) is 15.9 Å². The number of hydrogen-bond donors (Lipinski definition) is 1. The molecule has 27 heavy (non-hydrogen) atoms. The molecule has 2 aromatic heterocycles. The highest BCUT2D eigenvalue weighted by Crippen LogP contribution is 2.16. The average molecular weight is 363 g/mol. The van der Waals surface area contributed by atoms with Crippen molar-refractivity contribution in [2.75, 3.05) is 5.32 Å². The zero-order chi connectivity index (χ0) is 19.0. The predicted octanol–water partition coefficient (Wildman–Crippen LogP) is 3.44. The minimum Gasteiger partial charge on any atom is -0.340 e. The van der Waals surface area contributed by atoms with Gasteiger partial charge in [0.15, 0.2) is 0 Å². The second-order valence-electron chi connectivity index (χ2n) is 6.48. The van der Waals surface area contributed by atoms with Crippen molar-refractivity contribution in [3.63, 3.8) is 0 Å². The van der Waals surface area contributed by atoms with Crippen LogP contribution in [-0.4, -0.2) is 19.2 Å². The van der Waals surface area contributed by atoms with Gasteiger partial charge in [0.05, 0.1) is 6.54 Å². The van der Waals surface area contributed by atoms with Crippen LogP contribution < -0.4 is 11.0 Å². The van der Waals surface area contributed by atoms with E-state index in [1.165, 1.54) is 21.2 Å². The molecule has 0 fully saturated rings. The van der Waals surface area contributed by atoms with Crippen LogP contribution in [0.15, 0.2) is 59.4 Å². The van der Waals surface area contributed by atoms with Crippen molar-refractivity contribution in [1.82, 2.24) is 19.2 Å². The molecule has 0 bridgehead atoms. The number of hydrogen-bond acceptors (Lipinski definition) is 4. The van der Waals surface area contributed by atoms with E-state index in [2.05, 4.69) is 15.4 Å². The van der Waals surface area contributed by atoms with E-state index in [1.54, 1.807) is 18.2 Å². The lowest BCUT2D eigenvalue weighted by atomic mass is 10.1. The molecular weight excluding hydrogens is 345 g/mol. The molecule has 4 aromatic rings. The van der Waals surface area contributed by atoms with Crippen LogP contribution in [0, 0.1) is 19.7 Å². The smallest absolute Gasteiger partial charge is 0.340 e. The van der Waals surface area contributed by atoms with Crippen LogP contribution in [0.3, 0.4) is 0 Å². The lowest BCUT2D eigenvalue weighted by Crippen LogP contribution is -2.22. The summed E-state index contributed by atoms with van der Waals surface area (Å²) in [7, 11) is 0. The van der Waals surface area contributed by atoms with E-state index in [0.29, 0.717) is 29.5 Å². The first-order valence-electron chi connectivity index (χ1n) is 8.55. The maximum atomic E-state index is 13.1. The van der Waals surface area contributed by atoms with Gasteiger partial charge in [-0.15, -0.1) is 5.10 Å². The van der Waals surface area contributed by atoms with E-state index < -0.39 is 0 Å². The van der Waals surface area contributed by atoms with Gasteiger partial charge in [-0.3, -0.25) is 0 Å². The monoisotopic (exact) mass is 363 g/mol. The van der Waals surface area contributed by atoms with Gasteiger partial charge in [-0.1, -0.05) is 29.8 Å². The Morgan fingerprint density at radius 3 is 2.59 bits per heavy atom. The van der Waals surface area contributed by atoms with Crippen LogP contribution in [0.2, 0.25) is 0 Å². The van der Waals surface area contributed by atoms with E-state index >= 15 is 0 Å². The van der Waals surface area contributed by atoms with Gasteiger partial charge < -0.3 is 5.32 Å². The van der Waals surface area contributed by atoms with Crippen LogP contribution in [0.1, 0.15) is 16.8 Å². The molecule has 0 atom stereocenters. The molecule has 0 aliphatic rings. The highest BCUT2D eigenvalue weighted by Gasteiger charge is 2.12. The Balaban J connectivity index is 1.70. The number of rotatable bonds is 4. The molecule has 0 spiro atoms. The number of nitrogens with zero attached hydrogens (tertiary/aromatic N) is 4. The molecule has 0 aliphatic carbocycles. The zero-order valence-corrected chi connectivity index (χ0v) is 15.0. The number of fused-ring (bicyclic) bond motifs is 1. The molecule has 136 valence electrons. The van der Waals surface area contributed by atoms with Crippen molar-refractivity contribution in [3.05, 3.63) is 87.7 Å². The molecule has 0 unspecified atom stereocenters. The third-order valence-electron chi connectivity index (χ3n) is 4.27. The molecule has 6 nitrogen and oxygen atoms in total. The summed E-state index contributed by atoms with van der Waals surface area (Å²) < 4.78 is 15.9. The van der Waals surface area contributed by atoms with Gasteiger partial charge in [-0.2, -0.15) is 4.98 Å². The summed E-state index contributed by atoms with van der Waals surface area (Å²) in [5.41, 5.74) is 3.32. The SMILES string of the molecule is Cc1cccc(Cn2nc3nc(Nc4ccc(F)cc4)cc(C)n3c2=O)c1. The number of halogens is 1. The molecule has 0 saturated heterocycles. The van der Waals surface area contributed by atoms with Gasteiger partial charge in [0.1, 0.15) is 11.6 Å². The van der Waals surface area contributed by atoms with Gasteiger partial charge in [0, 0.05) is 17.4 Å². The lowest BCUT2D eigenvalue weighted by molar-refractivity contribution is 0.628. The topological polar surface area (TPSA) is 64.2 Å². The van der Waals surface area contributed by atoms with Gasteiger partial charge in [-0.25, -0.2) is 18.3 Å². The largest absolute Gasteiger partial charge is 0.352 e. The third kappa shape index (κ3) is 3.44. The second kappa shape index (κ2) is 6.68. The van der Waals surface area contributed by atoms with Crippen LogP contribution in [-0.2, 0) is 6.54 Å². The summed E-state index contributed by atoms with van der Waals surface area (Å²) >= 11 is 0. The van der Waals surface area contributed by atoms with Gasteiger partial charge in [0.2, 0.25) is 0 Å². The fourth-order valence-corrected chi connectivity index (χ4v) is 3.01. The maximum absolute atomic E-state index is 13.1. The summed E-state index contributed by atoms with van der Waals surface area (Å²) in [6, 6.07) is 15.7. The molecule has 4 rings (SSSR count). The lowest BCUT2D eigenvalue weighted by Gasteiger charge is -2.06. The Morgan fingerprint density at radius 1 is 1.07 bits per heavy atom. The molecular formula is C20H18FN5O. The molecule has 2 heterocycles. The van der Waals surface area contributed by atoms with E-state index in [-0.39, 0.29) is 11.5 Å². The normalized spacial score (nSPS) is 11.1. The number of aromatic nitrogens is 4. The Bertz CT molecular complexity index is 1180. The average Bonchev–Trinajstić information content (AvgIpc) is 2.93. The highest BCUT2D eigenvalue weighted by molar-refractivity contribution is 5.58. The Hall–Kier alpha value is -3.48. The number of benzene rings is 2. The van der Waals surface area contributed by atoms with Crippen LogP contribution in [0.5, 0.6) is 0 Å². The Morgan fingerprint density at radius 2 is 1.85 bits per heavy atom. The Kier molecular flexibility index (Phi) is 4.19. The number of anilines is 2. The summed E-state index contributed by atoms with van der Waals surface area (Å²) in [6.45, 7) is 4.21. The van der Waals surface area contributed by atoms with Crippen molar-refractivity contribution in [2.45, 2.75) is 20.4 Å². The van der Waals surface area contributed by atoms with Crippen LogP contribution in [0.25, 0.3) is 5.78 Å². The second-order valence-corrected chi connectivity index (χ2v) is 6.48. The molecule has 0 saturated carbocycles. The van der Waals surface area contributed by atoms with E-state index in [4.69, 9.17) is 0 Å². The fraction of sp³-hybridized carbons (Fsp3) is 0.150. The van der Waals surface area contributed by atoms with E-state index in [1.807, 2.05) is 38.1 Å². The van der Waals surface area contributed by atoms with Crippen LogP contribution >= 0.6 is 0 Å². The first kappa shape index (κ1) is 17.0. The van der Waals surface area contributed by atoms with Gasteiger partial charge in [-0.05, 0) is 43.7 Å². The number of nitrogens with one attached hydrogen (secondary N) is 1. The molecule has 7 heteroatoms. The standard InChI is InChI=1S/C20H18FN5O/c1-13-4-3-5-15(10-13)12-25-20(27)26-14(2)11-18(23-19(26)24-25)22-17-8-6-16(21)7-9-17/h3-11H,12H2,1-2H3,(H,22,23,24). The quantitative estimate of drug-likeness (QED) is 0.603. The van der Waals surface area contributed by atoms with Crippen molar-refractivity contribution in [2.24, 2.45) is 0 Å². The molecule has 0 amide bonds. The highest BCUT2D eigenvalue weighted by atomic mass is 19.1. The summed E-state index contributed by atoms with van der Waals surface area (Å²) in [5.74, 6) is 0.554. The van der Waals surface area contributed by atoms with Crippen molar-refractivity contribution in [3.8, 4) is 0 Å². The molecule has 2 aromatic carbocycles. The zero-order valence-electron chi connectivity index (χ0n) is 15.0. The minimum absolute atomic E-state index is 0.232. The summed E-state index contributed by atoms with van der Waals surface area (Å²) in [5, 5.41) is 7.48. The van der Waals surface area contributed by atoms with Gasteiger partial charge >= 0.3 is 5.69 Å². The van der Waals surface area contributed by atoms with Crippen molar-refractivity contribution < 1.29 is 4.39 Å². The van der Waals surface area contributed by atoms with Gasteiger partial charge in [0.25, 0.3) is 5.78 Å². The van der Waals surface area contributed by atoms with Crippen molar-refractivity contribution in [1.29, 1.82) is 0 Å². The number of aryl methyl sites for hydroxylation is 2. The summed E-state index contributed by atoms with van der Waals surface area (Å²) in [4.78, 5) is 17.1. The first-order chi connectivity index (χ1) is 13.0. The molecule has 0 aliphatic heterocycles. The van der Waals surface area contributed by atoms with Crippen molar-refractivity contribution >= 4 is 17.3 Å². The molecule has 0 radical (unpaired) electrons. The van der Waals surface area contributed by atoms with E-state index in [9.17, 15) is 9.18 Å². The minimum atomic E-state index is -0.304. The maximum Gasteiger partial charge on any atom is 0.352 e. The molecule has 1 N–H and O–H groups in total. The first-order valence-corrected chi connectivity index (χ1v) is 8.55. The van der Waals surface area contributed by atoms with E-state index in [0.717, 1.165) is 11.1 Å². The third-order valence-corrected chi connectivity index (χ3v) is 4.27. The Labute approximate surface area is 154 Å².